The monoisotopic (exact) mass is 588 g/mol. The van der Waals surface area contributed by atoms with E-state index in [9.17, 15) is 5.11 Å². The van der Waals surface area contributed by atoms with E-state index in [4.69, 9.17) is 19.1 Å². The summed E-state index contributed by atoms with van der Waals surface area (Å²) in [6.45, 7) is 10.6. The molecule has 8 rings (SSSR count). The van der Waals surface area contributed by atoms with Gasteiger partial charge in [0.25, 0.3) is 0 Å². The van der Waals surface area contributed by atoms with Crippen LogP contribution in [0.4, 0.5) is 0 Å². The quantitative estimate of drug-likeness (QED) is 0.177. The van der Waals surface area contributed by atoms with Gasteiger partial charge in [-0.05, 0) is 172 Å². The first-order valence-corrected chi connectivity index (χ1v) is 19.1. The molecular weight excluding hydrogens is 529 g/mol. The highest BCUT2D eigenvalue weighted by molar-refractivity contribution is 7.80. The molecule has 0 aromatic heterocycles. The highest BCUT2D eigenvalue weighted by atomic mass is 32.1. The summed E-state index contributed by atoms with van der Waals surface area (Å²) >= 11 is 5.32. The number of fused-ring (bicyclic) bond motifs is 10. The van der Waals surface area contributed by atoms with Crippen LogP contribution >= 0.6 is 12.6 Å². The van der Waals surface area contributed by atoms with Crippen LogP contribution in [0.3, 0.4) is 0 Å². The maximum absolute atomic E-state index is 11.1. The zero-order chi connectivity index (χ0) is 29.3. The highest BCUT2D eigenvalue weighted by Gasteiger charge is 2.71. The maximum atomic E-state index is 11.1. The molecule has 0 aliphatic heterocycles. The van der Waals surface area contributed by atoms with Crippen molar-refractivity contribution in [1.29, 1.82) is 0 Å². The molecular formula is C40H60OS. The maximum Gasteiger partial charge on any atom is 0.0596 e. The van der Waals surface area contributed by atoms with Gasteiger partial charge in [0.05, 0.1) is 6.10 Å². The Bertz CT molecular complexity index is 1180. The first kappa shape index (κ1) is 29.0. The summed E-state index contributed by atoms with van der Waals surface area (Å²) < 4.78 is 0. The molecule has 7 saturated carbocycles. The standard InChI is InChI=1S/C40H60OS/c1-6-40(22-18-32-28-12-10-25-9-7-8-19-36(25,2)31(28)17-21-38(32,40)4)34-24-27(42)23-26-11-13-29-30-14-15-35(41)37(30,3)20-16-33(29)39(26,34)5/h1,10,26-35,41-42H,7-9,11-24H2,2-5H3/t26?,27?,28-,29+,30+,31-,32+,33-,34?,35?,36+,37+,38+,39+,40?/m1/s1. The lowest BCUT2D eigenvalue weighted by Gasteiger charge is -2.68. The van der Waals surface area contributed by atoms with E-state index >= 15 is 0 Å². The second kappa shape index (κ2) is 9.57. The van der Waals surface area contributed by atoms with E-state index in [-0.39, 0.29) is 22.3 Å². The molecule has 42 heavy (non-hydrogen) atoms. The number of terminal acetylenes is 1. The molecule has 1 N–H and O–H groups in total. The van der Waals surface area contributed by atoms with Crippen molar-refractivity contribution in [2.24, 2.45) is 74.4 Å². The second-order valence-corrected chi connectivity index (χ2v) is 19.1. The molecule has 0 amide bonds. The van der Waals surface area contributed by atoms with E-state index < -0.39 is 0 Å². The SMILES string of the molecule is C#CC1(C2CC(S)CC3CC[C@@H]4[C@@H](CC[C@]5(C)C(O)CC[C@@H]45)[C@]32C)CC[C@H]2[C@@H]3CC=C4CCCC[C@]4(C)[C@@H]3CC[C@@]21C. The van der Waals surface area contributed by atoms with Gasteiger partial charge in [0.15, 0.2) is 0 Å². The van der Waals surface area contributed by atoms with Crippen molar-refractivity contribution in [2.45, 2.75) is 148 Å². The van der Waals surface area contributed by atoms with Crippen molar-refractivity contribution in [2.75, 3.05) is 0 Å². The van der Waals surface area contributed by atoms with Crippen molar-refractivity contribution >= 4 is 12.6 Å². The second-order valence-electron chi connectivity index (χ2n) is 18.4. The fourth-order valence-electron chi connectivity index (χ4n) is 15.7. The Morgan fingerprint density at radius 2 is 1.60 bits per heavy atom. The van der Waals surface area contributed by atoms with Crippen LogP contribution in [0.15, 0.2) is 11.6 Å². The summed E-state index contributed by atoms with van der Waals surface area (Å²) in [5, 5.41) is 11.6. The van der Waals surface area contributed by atoms with Crippen LogP contribution in [0.5, 0.6) is 0 Å². The summed E-state index contributed by atoms with van der Waals surface area (Å²) in [4.78, 5) is 0. The molecule has 8 aliphatic carbocycles. The predicted octanol–water partition coefficient (Wildman–Crippen LogP) is 9.89. The minimum atomic E-state index is -0.0872. The fraction of sp³-hybridized carbons (Fsp3) is 0.900. The lowest BCUT2D eigenvalue weighted by atomic mass is 9.37. The van der Waals surface area contributed by atoms with Crippen LogP contribution in [0.25, 0.3) is 0 Å². The van der Waals surface area contributed by atoms with Crippen LogP contribution in [0, 0.1) is 86.8 Å². The minimum Gasteiger partial charge on any atom is -0.393 e. The third kappa shape index (κ3) is 3.46. The molecule has 7 fully saturated rings. The lowest BCUT2D eigenvalue weighted by molar-refractivity contribution is -0.183. The summed E-state index contributed by atoms with van der Waals surface area (Å²) in [5.74, 6) is 9.91. The number of hydrogen-bond acceptors (Lipinski definition) is 2. The number of allylic oxidation sites excluding steroid dienone is 2. The normalized spacial score (nSPS) is 60.1. The number of hydrogen-bond donors (Lipinski definition) is 2. The molecule has 0 heterocycles. The van der Waals surface area contributed by atoms with Crippen molar-refractivity contribution in [3.8, 4) is 12.3 Å². The van der Waals surface area contributed by atoms with Gasteiger partial charge in [-0.2, -0.15) is 12.6 Å². The van der Waals surface area contributed by atoms with Gasteiger partial charge in [-0.3, -0.25) is 0 Å². The van der Waals surface area contributed by atoms with Gasteiger partial charge in [0, 0.05) is 10.7 Å². The van der Waals surface area contributed by atoms with Crippen LogP contribution in [0.1, 0.15) is 137 Å². The van der Waals surface area contributed by atoms with E-state index in [1.807, 2.05) is 5.57 Å². The molecule has 0 aromatic carbocycles. The zero-order valence-corrected chi connectivity index (χ0v) is 28.2. The van der Waals surface area contributed by atoms with Gasteiger partial charge >= 0.3 is 0 Å². The van der Waals surface area contributed by atoms with Gasteiger partial charge in [-0.15, -0.1) is 6.42 Å². The molecule has 232 valence electrons. The fourth-order valence-corrected chi connectivity index (χ4v) is 16.2. The molecule has 2 heteroatoms. The summed E-state index contributed by atoms with van der Waals surface area (Å²) in [5.41, 5.74) is 3.01. The van der Waals surface area contributed by atoms with Gasteiger partial charge in [-0.25, -0.2) is 0 Å². The molecule has 5 unspecified atom stereocenters. The Balaban J connectivity index is 1.18. The molecule has 0 saturated heterocycles. The zero-order valence-electron chi connectivity index (χ0n) is 27.3. The Hall–Kier alpha value is -0.390. The first-order chi connectivity index (χ1) is 20.0. The van der Waals surface area contributed by atoms with E-state index in [0.717, 1.165) is 41.9 Å². The number of thiol groups is 1. The van der Waals surface area contributed by atoms with E-state index in [2.05, 4.69) is 39.7 Å². The third-order valence-corrected chi connectivity index (χ3v) is 18.3. The molecule has 0 spiro atoms. The number of aliphatic hydroxyl groups is 1. The molecule has 8 aliphatic rings. The van der Waals surface area contributed by atoms with Gasteiger partial charge in [-0.1, -0.05) is 51.7 Å². The van der Waals surface area contributed by atoms with Crippen molar-refractivity contribution in [1.82, 2.24) is 0 Å². The molecule has 1 nitrogen and oxygen atoms in total. The Labute approximate surface area is 263 Å². The molecule has 15 atom stereocenters. The van der Waals surface area contributed by atoms with Gasteiger partial charge < -0.3 is 5.11 Å². The van der Waals surface area contributed by atoms with E-state index in [0.29, 0.717) is 27.9 Å². The molecule has 0 aromatic rings. The van der Waals surface area contributed by atoms with Crippen LogP contribution in [-0.2, 0) is 0 Å². The largest absolute Gasteiger partial charge is 0.393 e. The summed E-state index contributed by atoms with van der Waals surface area (Å²) in [6.07, 6.45) is 32.0. The van der Waals surface area contributed by atoms with Crippen LogP contribution < -0.4 is 0 Å². The summed E-state index contributed by atoms with van der Waals surface area (Å²) in [7, 11) is 0. The van der Waals surface area contributed by atoms with Crippen molar-refractivity contribution < 1.29 is 5.11 Å². The third-order valence-electron chi connectivity index (χ3n) is 17.9. The molecule has 0 radical (unpaired) electrons. The minimum absolute atomic E-state index is 0.00628. The Morgan fingerprint density at radius 3 is 2.40 bits per heavy atom. The summed E-state index contributed by atoms with van der Waals surface area (Å²) in [6, 6.07) is 0. The number of aliphatic hydroxyl groups excluding tert-OH is 1. The van der Waals surface area contributed by atoms with Gasteiger partial charge in [0.2, 0.25) is 0 Å². The average Bonchev–Trinajstić information content (AvgIpc) is 3.45. The smallest absolute Gasteiger partial charge is 0.0596 e. The van der Waals surface area contributed by atoms with Crippen LogP contribution in [0.2, 0.25) is 0 Å². The number of rotatable bonds is 1. The van der Waals surface area contributed by atoms with E-state index in [1.54, 1.807) is 0 Å². The predicted molar refractivity (Wildman–Crippen MR) is 177 cm³/mol. The van der Waals surface area contributed by atoms with Crippen molar-refractivity contribution in [3.63, 3.8) is 0 Å². The average molecular weight is 589 g/mol. The van der Waals surface area contributed by atoms with E-state index in [1.165, 1.54) is 103 Å². The first-order valence-electron chi connectivity index (χ1n) is 18.6. The highest BCUT2D eigenvalue weighted by Crippen LogP contribution is 2.77. The Kier molecular flexibility index (Phi) is 6.61. The topological polar surface area (TPSA) is 20.2 Å². The van der Waals surface area contributed by atoms with Crippen molar-refractivity contribution in [3.05, 3.63) is 11.6 Å². The lowest BCUT2D eigenvalue weighted by Crippen LogP contribution is -2.63. The molecule has 0 bridgehead atoms. The van der Waals surface area contributed by atoms with Crippen LogP contribution in [-0.4, -0.2) is 16.5 Å². The Morgan fingerprint density at radius 1 is 0.810 bits per heavy atom. The van der Waals surface area contributed by atoms with Gasteiger partial charge in [0.1, 0.15) is 0 Å².